The summed E-state index contributed by atoms with van der Waals surface area (Å²) in [6.45, 7) is 1.65. The molecule has 7 nitrogen and oxygen atoms in total. The van der Waals surface area contributed by atoms with Gasteiger partial charge in [-0.2, -0.15) is 17.9 Å². The summed E-state index contributed by atoms with van der Waals surface area (Å²) < 4.78 is 67.8. The molecule has 0 unspecified atom stereocenters. The number of hydrogen-bond donors (Lipinski definition) is 1. The highest BCUT2D eigenvalue weighted by Gasteiger charge is 2.36. The number of rotatable bonds is 4. The summed E-state index contributed by atoms with van der Waals surface area (Å²) in [6.07, 6.45) is -4.79. The van der Waals surface area contributed by atoms with Crippen LogP contribution < -0.4 is 4.72 Å². The highest BCUT2D eigenvalue weighted by atomic mass is 32.2. The SMILES string of the molecule is Cc1nnnn1-c1cccc(NS(=O)(=O)c2ccccc2C(F)(F)F)c1. The van der Waals surface area contributed by atoms with Crippen molar-refractivity contribution in [2.75, 3.05) is 4.72 Å². The molecule has 0 radical (unpaired) electrons. The summed E-state index contributed by atoms with van der Waals surface area (Å²) >= 11 is 0. The second-order valence-corrected chi connectivity index (χ2v) is 6.94. The van der Waals surface area contributed by atoms with Crippen LogP contribution in [0.3, 0.4) is 0 Å². The Balaban J connectivity index is 1.98. The van der Waals surface area contributed by atoms with Crippen molar-refractivity contribution in [2.45, 2.75) is 18.0 Å². The average Bonchev–Trinajstić information content (AvgIpc) is 3.00. The number of nitrogens with zero attached hydrogens (tertiary/aromatic N) is 4. The second-order valence-electron chi connectivity index (χ2n) is 5.29. The van der Waals surface area contributed by atoms with E-state index >= 15 is 0 Å². The lowest BCUT2D eigenvalue weighted by Gasteiger charge is -2.14. The van der Waals surface area contributed by atoms with Gasteiger partial charge in [0.05, 0.1) is 21.8 Å². The Morgan fingerprint density at radius 2 is 1.81 bits per heavy atom. The Morgan fingerprint density at radius 1 is 1.08 bits per heavy atom. The van der Waals surface area contributed by atoms with Crippen LogP contribution in [0.2, 0.25) is 0 Å². The molecule has 1 N–H and O–H groups in total. The molecule has 1 heterocycles. The van der Waals surface area contributed by atoms with Crippen LogP contribution in [-0.2, 0) is 16.2 Å². The van der Waals surface area contributed by atoms with E-state index in [2.05, 4.69) is 20.2 Å². The maximum absolute atomic E-state index is 13.1. The number of benzene rings is 2. The minimum Gasteiger partial charge on any atom is -0.280 e. The van der Waals surface area contributed by atoms with Gasteiger partial charge in [-0.1, -0.05) is 18.2 Å². The molecule has 3 aromatic rings. The van der Waals surface area contributed by atoms with Crippen molar-refractivity contribution in [3.8, 4) is 5.69 Å². The molecule has 2 aromatic carbocycles. The molecule has 0 atom stereocenters. The third-order valence-electron chi connectivity index (χ3n) is 3.45. The first kappa shape index (κ1) is 17.9. The summed E-state index contributed by atoms with van der Waals surface area (Å²) in [4.78, 5) is -0.850. The van der Waals surface area contributed by atoms with Crippen molar-refractivity contribution in [3.05, 3.63) is 59.9 Å². The zero-order valence-electron chi connectivity index (χ0n) is 13.3. The fraction of sp³-hybridized carbons (Fsp3) is 0.133. The van der Waals surface area contributed by atoms with Crippen LogP contribution >= 0.6 is 0 Å². The highest BCUT2D eigenvalue weighted by molar-refractivity contribution is 7.92. The smallest absolute Gasteiger partial charge is 0.280 e. The van der Waals surface area contributed by atoms with E-state index in [1.54, 1.807) is 13.0 Å². The van der Waals surface area contributed by atoms with E-state index in [9.17, 15) is 21.6 Å². The maximum Gasteiger partial charge on any atom is 0.417 e. The minimum absolute atomic E-state index is 0.0781. The number of hydrogen-bond acceptors (Lipinski definition) is 5. The molecular formula is C15H12F3N5O2S. The highest BCUT2D eigenvalue weighted by Crippen LogP contribution is 2.34. The lowest BCUT2D eigenvalue weighted by Crippen LogP contribution is -2.19. The number of aryl methyl sites for hydroxylation is 1. The first-order valence-corrected chi connectivity index (χ1v) is 8.71. The predicted octanol–water partition coefficient (Wildman–Crippen LogP) is 2.79. The number of alkyl halides is 3. The zero-order valence-corrected chi connectivity index (χ0v) is 14.1. The lowest BCUT2D eigenvalue weighted by molar-refractivity contribution is -0.139. The number of nitrogens with one attached hydrogen (secondary N) is 1. The van der Waals surface area contributed by atoms with Crippen LogP contribution in [0.25, 0.3) is 5.69 Å². The number of tetrazole rings is 1. The van der Waals surface area contributed by atoms with Crippen LogP contribution in [0.4, 0.5) is 18.9 Å². The Hall–Kier alpha value is -2.95. The van der Waals surface area contributed by atoms with Crippen molar-refractivity contribution in [2.24, 2.45) is 0 Å². The predicted molar refractivity (Wildman–Crippen MR) is 86.1 cm³/mol. The van der Waals surface area contributed by atoms with Crippen LogP contribution in [0.15, 0.2) is 53.4 Å². The van der Waals surface area contributed by atoms with Gasteiger partial charge in [0, 0.05) is 0 Å². The van der Waals surface area contributed by atoms with Gasteiger partial charge in [-0.15, -0.1) is 5.10 Å². The molecule has 0 fully saturated rings. The molecule has 136 valence electrons. The van der Waals surface area contributed by atoms with E-state index in [1.807, 2.05) is 0 Å². The van der Waals surface area contributed by atoms with Gasteiger partial charge in [-0.05, 0) is 47.7 Å². The Bertz CT molecular complexity index is 1050. The van der Waals surface area contributed by atoms with Gasteiger partial charge in [0.2, 0.25) is 0 Å². The second kappa shape index (κ2) is 6.41. The lowest BCUT2D eigenvalue weighted by atomic mass is 10.2. The van der Waals surface area contributed by atoms with E-state index in [4.69, 9.17) is 0 Å². The van der Waals surface area contributed by atoms with E-state index in [1.165, 1.54) is 28.9 Å². The normalized spacial score (nSPS) is 12.2. The summed E-state index contributed by atoms with van der Waals surface area (Å²) in [6, 6.07) is 9.96. The third-order valence-corrected chi connectivity index (χ3v) is 4.89. The van der Waals surface area contributed by atoms with Gasteiger partial charge in [0.15, 0.2) is 5.82 Å². The Morgan fingerprint density at radius 3 is 2.46 bits per heavy atom. The summed E-state index contributed by atoms with van der Waals surface area (Å²) in [7, 11) is -4.45. The number of halogens is 3. The quantitative estimate of drug-likeness (QED) is 0.748. The maximum atomic E-state index is 13.1. The van der Waals surface area contributed by atoms with Crippen molar-refractivity contribution in [1.82, 2.24) is 20.2 Å². The summed E-state index contributed by atoms with van der Waals surface area (Å²) in [5, 5.41) is 11.0. The van der Waals surface area contributed by atoms with E-state index in [0.717, 1.165) is 18.2 Å². The van der Waals surface area contributed by atoms with E-state index in [-0.39, 0.29) is 5.69 Å². The van der Waals surface area contributed by atoms with Gasteiger partial charge in [0.25, 0.3) is 10.0 Å². The molecule has 0 spiro atoms. The average molecular weight is 383 g/mol. The molecule has 0 aliphatic heterocycles. The van der Waals surface area contributed by atoms with E-state index in [0.29, 0.717) is 11.5 Å². The molecule has 0 bridgehead atoms. The number of sulfonamides is 1. The Labute approximate surface area is 146 Å². The van der Waals surface area contributed by atoms with Gasteiger partial charge < -0.3 is 0 Å². The van der Waals surface area contributed by atoms with Crippen molar-refractivity contribution < 1.29 is 21.6 Å². The van der Waals surface area contributed by atoms with Crippen LogP contribution in [0.1, 0.15) is 11.4 Å². The van der Waals surface area contributed by atoms with Crippen molar-refractivity contribution >= 4 is 15.7 Å². The first-order chi connectivity index (χ1) is 12.2. The molecule has 11 heteroatoms. The van der Waals surface area contributed by atoms with Crippen LogP contribution in [0, 0.1) is 6.92 Å². The molecular weight excluding hydrogens is 371 g/mol. The minimum atomic E-state index is -4.79. The summed E-state index contributed by atoms with van der Waals surface area (Å²) in [5.41, 5.74) is -0.703. The monoisotopic (exact) mass is 383 g/mol. The third kappa shape index (κ3) is 3.52. The Kier molecular flexibility index (Phi) is 4.40. The van der Waals surface area contributed by atoms with Crippen molar-refractivity contribution in [3.63, 3.8) is 0 Å². The van der Waals surface area contributed by atoms with Gasteiger partial charge in [-0.3, -0.25) is 4.72 Å². The molecule has 0 saturated carbocycles. The topological polar surface area (TPSA) is 89.8 Å². The van der Waals surface area contributed by atoms with Gasteiger partial charge in [-0.25, -0.2) is 8.42 Å². The molecule has 1 aromatic heterocycles. The van der Waals surface area contributed by atoms with Gasteiger partial charge in [0.1, 0.15) is 0 Å². The molecule has 0 amide bonds. The molecule has 0 saturated heterocycles. The number of aromatic nitrogens is 4. The summed E-state index contributed by atoms with van der Waals surface area (Å²) in [5.74, 6) is 0.465. The first-order valence-electron chi connectivity index (χ1n) is 7.23. The van der Waals surface area contributed by atoms with Crippen LogP contribution in [0.5, 0.6) is 0 Å². The van der Waals surface area contributed by atoms with E-state index < -0.39 is 26.7 Å². The molecule has 3 rings (SSSR count). The molecule has 0 aliphatic carbocycles. The van der Waals surface area contributed by atoms with Gasteiger partial charge >= 0.3 is 6.18 Å². The van der Waals surface area contributed by atoms with Crippen LogP contribution in [-0.4, -0.2) is 28.6 Å². The standard InChI is InChI=1S/C15H12F3N5O2S/c1-10-19-21-22-23(10)12-6-4-5-11(9-12)20-26(24,25)14-8-3-2-7-13(14)15(16,17)18/h2-9,20H,1H3. The largest absolute Gasteiger partial charge is 0.417 e. The number of anilines is 1. The molecule has 0 aliphatic rings. The fourth-order valence-corrected chi connectivity index (χ4v) is 3.59. The fourth-order valence-electron chi connectivity index (χ4n) is 2.32. The zero-order chi connectivity index (χ0) is 18.9. The molecule has 26 heavy (non-hydrogen) atoms. The van der Waals surface area contributed by atoms with Crippen molar-refractivity contribution in [1.29, 1.82) is 0 Å².